The van der Waals surface area contributed by atoms with Crippen molar-refractivity contribution in [2.45, 2.75) is 0 Å². The molecule has 0 atom stereocenters. The quantitative estimate of drug-likeness (QED) is 0.777. The van der Waals surface area contributed by atoms with Crippen molar-refractivity contribution >= 4 is 5.82 Å². The van der Waals surface area contributed by atoms with Gasteiger partial charge in [-0.15, -0.1) is 0 Å². The van der Waals surface area contributed by atoms with Gasteiger partial charge in [0.2, 0.25) is 0 Å². The average molecular weight is 279 g/mol. The van der Waals surface area contributed by atoms with Gasteiger partial charge in [-0.25, -0.2) is 9.37 Å². The smallest absolute Gasteiger partial charge is 0.152 e. The fraction of sp³-hybridized carbons (Fsp3) is 0. The zero-order chi connectivity index (χ0) is 14.8. The van der Waals surface area contributed by atoms with Crippen molar-refractivity contribution in [3.05, 3.63) is 60.1 Å². The molecule has 0 saturated carbocycles. The van der Waals surface area contributed by atoms with Gasteiger partial charge < -0.3 is 10.2 Å². The van der Waals surface area contributed by atoms with E-state index in [1.165, 1.54) is 12.3 Å². The zero-order valence-electron chi connectivity index (χ0n) is 10.9. The molecule has 1 aromatic carbocycles. The summed E-state index contributed by atoms with van der Waals surface area (Å²) in [5.74, 6) is 0.124. The molecule has 3 rings (SSSR count). The van der Waals surface area contributed by atoms with Crippen LogP contribution in [-0.4, -0.2) is 4.98 Å². The highest BCUT2D eigenvalue weighted by Gasteiger charge is 2.16. The maximum absolute atomic E-state index is 14.0. The van der Waals surface area contributed by atoms with Crippen LogP contribution in [-0.2, 0) is 0 Å². The molecule has 0 aliphatic rings. The van der Waals surface area contributed by atoms with Gasteiger partial charge in [0.1, 0.15) is 29.0 Å². The number of hydrogen-bond acceptors (Lipinski definition) is 4. The van der Waals surface area contributed by atoms with Gasteiger partial charge in [0.05, 0.1) is 6.26 Å². The molecule has 2 aromatic heterocycles. The van der Waals surface area contributed by atoms with Crippen LogP contribution in [0.25, 0.3) is 22.6 Å². The number of hydrogen-bond donors (Lipinski definition) is 1. The number of benzene rings is 1. The topological polar surface area (TPSA) is 75.8 Å². The number of nitrogens with two attached hydrogens (primary N) is 1. The molecule has 3 aromatic rings. The number of nitriles is 1. The summed E-state index contributed by atoms with van der Waals surface area (Å²) in [6.07, 6.45) is 1.51. The van der Waals surface area contributed by atoms with Gasteiger partial charge in [0.15, 0.2) is 5.76 Å². The Morgan fingerprint density at radius 1 is 1.14 bits per heavy atom. The van der Waals surface area contributed by atoms with E-state index in [1.54, 1.807) is 36.4 Å². The lowest BCUT2D eigenvalue weighted by atomic mass is 9.99. The number of aromatic nitrogens is 1. The van der Waals surface area contributed by atoms with Crippen molar-refractivity contribution in [1.29, 1.82) is 5.26 Å². The number of halogens is 1. The van der Waals surface area contributed by atoms with E-state index in [9.17, 15) is 9.65 Å². The number of furan rings is 1. The first-order valence-electron chi connectivity index (χ1n) is 6.20. The molecular formula is C16H10FN3O. The van der Waals surface area contributed by atoms with Crippen LogP contribution in [0.5, 0.6) is 0 Å². The van der Waals surface area contributed by atoms with Crippen LogP contribution in [0.4, 0.5) is 10.2 Å². The number of rotatable bonds is 2. The molecule has 0 saturated heterocycles. The lowest BCUT2D eigenvalue weighted by molar-refractivity contribution is 0.580. The SMILES string of the molecule is N#Cc1c(-c2ccccc2F)cc(-c2ccco2)nc1N. The number of nitrogen functional groups attached to an aromatic ring is 1. The summed E-state index contributed by atoms with van der Waals surface area (Å²) in [7, 11) is 0. The molecule has 0 radical (unpaired) electrons. The maximum Gasteiger partial charge on any atom is 0.152 e. The predicted octanol–water partition coefficient (Wildman–Crippen LogP) is 3.60. The van der Waals surface area contributed by atoms with Crippen molar-refractivity contribution in [2.75, 3.05) is 5.73 Å². The van der Waals surface area contributed by atoms with Gasteiger partial charge in [0, 0.05) is 11.1 Å². The van der Waals surface area contributed by atoms with Crippen molar-refractivity contribution in [2.24, 2.45) is 0 Å². The normalized spacial score (nSPS) is 10.3. The van der Waals surface area contributed by atoms with Crippen LogP contribution >= 0.6 is 0 Å². The fourth-order valence-corrected chi connectivity index (χ4v) is 2.12. The summed E-state index contributed by atoms with van der Waals surface area (Å²) in [5, 5.41) is 9.26. The van der Waals surface area contributed by atoms with E-state index >= 15 is 0 Å². The lowest BCUT2D eigenvalue weighted by Gasteiger charge is -2.09. The van der Waals surface area contributed by atoms with Crippen LogP contribution in [0, 0.1) is 17.1 Å². The molecule has 0 amide bonds. The van der Waals surface area contributed by atoms with E-state index in [0.717, 1.165) is 0 Å². The Bertz CT molecular complexity index is 835. The van der Waals surface area contributed by atoms with Gasteiger partial charge in [0.25, 0.3) is 0 Å². The molecule has 0 spiro atoms. The molecular weight excluding hydrogens is 269 g/mol. The van der Waals surface area contributed by atoms with Gasteiger partial charge >= 0.3 is 0 Å². The standard InChI is InChI=1S/C16H10FN3O/c17-13-5-2-1-4-10(13)11-8-14(15-6-3-7-21-15)20-16(19)12(11)9-18/h1-8H,(H2,19,20). The second-order valence-electron chi connectivity index (χ2n) is 4.38. The van der Waals surface area contributed by atoms with Gasteiger partial charge in [-0.1, -0.05) is 18.2 Å². The summed E-state index contributed by atoms with van der Waals surface area (Å²) in [6.45, 7) is 0. The zero-order valence-corrected chi connectivity index (χ0v) is 10.9. The van der Waals surface area contributed by atoms with E-state index in [2.05, 4.69) is 4.98 Å². The average Bonchev–Trinajstić information content (AvgIpc) is 3.01. The Kier molecular flexibility index (Phi) is 3.13. The van der Waals surface area contributed by atoms with Crippen LogP contribution in [0.1, 0.15) is 5.56 Å². The molecule has 4 nitrogen and oxygen atoms in total. The minimum Gasteiger partial charge on any atom is -0.463 e. The van der Waals surface area contributed by atoms with E-state index in [-0.39, 0.29) is 11.4 Å². The number of pyridine rings is 1. The second kappa shape index (κ2) is 5.10. The highest BCUT2D eigenvalue weighted by Crippen LogP contribution is 2.32. The Balaban J connectivity index is 2.29. The molecule has 0 aliphatic heterocycles. The van der Waals surface area contributed by atoms with E-state index in [0.29, 0.717) is 22.6 Å². The highest BCUT2D eigenvalue weighted by atomic mass is 19.1. The number of anilines is 1. The molecule has 2 heterocycles. The predicted molar refractivity (Wildman–Crippen MR) is 76.5 cm³/mol. The minimum absolute atomic E-state index is 0.0460. The third-order valence-corrected chi connectivity index (χ3v) is 3.10. The first-order chi connectivity index (χ1) is 10.2. The third kappa shape index (κ3) is 2.23. The summed E-state index contributed by atoms with van der Waals surface area (Å²) in [4.78, 5) is 4.14. The summed E-state index contributed by atoms with van der Waals surface area (Å²) >= 11 is 0. The Morgan fingerprint density at radius 3 is 2.62 bits per heavy atom. The van der Waals surface area contributed by atoms with Crippen molar-refractivity contribution < 1.29 is 8.81 Å². The van der Waals surface area contributed by atoms with E-state index in [4.69, 9.17) is 10.2 Å². The van der Waals surface area contributed by atoms with Gasteiger partial charge in [-0.2, -0.15) is 5.26 Å². The lowest BCUT2D eigenvalue weighted by Crippen LogP contribution is -2.00. The minimum atomic E-state index is -0.426. The highest BCUT2D eigenvalue weighted by molar-refractivity contribution is 5.79. The Morgan fingerprint density at radius 2 is 1.95 bits per heavy atom. The van der Waals surface area contributed by atoms with Crippen LogP contribution in [0.2, 0.25) is 0 Å². The van der Waals surface area contributed by atoms with Crippen molar-refractivity contribution in [1.82, 2.24) is 4.98 Å². The second-order valence-corrected chi connectivity index (χ2v) is 4.38. The Labute approximate surface area is 120 Å². The summed E-state index contributed by atoms with van der Waals surface area (Å²) in [5.41, 5.74) is 7.13. The molecule has 21 heavy (non-hydrogen) atoms. The molecule has 2 N–H and O–H groups in total. The van der Waals surface area contributed by atoms with Gasteiger partial charge in [-0.3, -0.25) is 0 Å². The van der Waals surface area contributed by atoms with E-state index < -0.39 is 5.82 Å². The third-order valence-electron chi connectivity index (χ3n) is 3.10. The maximum atomic E-state index is 14.0. The first kappa shape index (κ1) is 12.9. The molecule has 0 aliphatic carbocycles. The summed E-state index contributed by atoms with van der Waals surface area (Å²) < 4.78 is 19.3. The molecule has 0 fully saturated rings. The number of nitrogens with zero attached hydrogens (tertiary/aromatic N) is 2. The molecule has 102 valence electrons. The van der Waals surface area contributed by atoms with Crippen molar-refractivity contribution in [3.63, 3.8) is 0 Å². The van der Waals surface area contributed by atoms with E-state index in [1.807, 2.05) is 6.07 Å². The van der Waals surface area contributed by atoms with Crippen LogP contribution < -0.4 is 5.73 Å². The van der Waals surface area contributed by atoms with Gasteiger partial charge in [-0.05, 0) is 24.3 Å². The fourth-order valence-electron chi connectivity index (χ4n) is 2.12. The van der Waals surface area contributed by atoms with Crippen LogP contribution in [0.15, 0.2) is 53.1 Å². The molecule has 0 unspecified atom stereocenters. The monoisotopic (exact) mass is 279 g/mol. The largest absolute Gasteiger partial charge is 0.463 e. The first-order valence-corrected chi connectivity index (χ1v) is 6.20. The Hall–Kier alpha value is -3.13. The van der Waals surface area contributed by atoms with Crippen LogP contribution in [0.3, 0.4) is 0 Å². The molecule has 0 bridgehead atoms. The van der Waals surface area contributed by atoms with Crippen molar-refractivity contribution in [3.8, 4) is 28.7 Å². The summed E-state index contributed by atoms with van der Waals surface area (Å²) in [6, 6.07) is 13.2. The molecule has 5 heteroatoms.